The molecule has 9 heteroatoms. The first-order chi connectivity index (χ1) is 13.6. The van der Waals surface area contributed by atoms with Gasteiger partial charge in [-0.25, -0.2) is 13.1 Å². The lowest BCUT2D eigenvalue weighted by atomic mass is 10.0. The minimum Gasteiger partial charge on any atom is -0.268 e. The normalized spacial score (nSPS) is 12.3. The summed E-state index contributed by atoms with van der Waals surface area (Å²) in [5.41, 5.74) is 2.68. The molecule has 0 amide bonds. The van der Waals surface area contributed by atoms with Gasteiger partial charge in [-0.05, 0) is 37.6 Å². The van der Waals surface area contributed by atoms with Crippen molar-refractivity contribution in [3.8, 4) is 11.1 Å². The van der Waals surface area contributed by atoms with E-state index in [0.29, 0.717) is 6.07 Å². The zero-order valence-electron chi connectivity index (χ0n) is 15.9. The highest BCUT2D eigenvalue weighted by Crippen LogP contribution is 2.30. The van der Waals surface area contributed by atoms with E-state index in [4.69, 9.17) is 0 Å². The molecule has 0 fully saturated rings. The standard InChI is InChI=1S/C20H20F3N3O2S/c1-14-19(16-7-4-3-5-8-16)15(2)26(25-14)12-11-24-29(27,28)18-10-6-9-17(13-18)20(21,22)23/h3-10,13,24H,11-12H2,1-2H3. The molecule has 3 rings (SSSR count). The van der Waals surface area contributed by atoms with Gasteiger partial charge in [0.2, 0.25) is 10.0 Å². The maximum Gasteiger partial charge on any atom is 0.416 e. The van der Waals surface area contributed by atoms with E-state index >= 15 is 0 Å². The topological polar surface area (TPSA) is 64.0 Å². The number of hydrogen-bond donors (Lipinski definition) is 1. The third kappa shape index (κ3) is 4.68. The van der Waals surface area contributed by atoms with Crippen LogP contribution in [0.1, 0.15) is 17.0 Å². The van der Waals surface area contributed by atoms with E-state index in [0.717, 1.165) is 40.7 Å². The summed E-state index contributed by atoms with van der Waals surface area (Å²) in [6, 6.07) is 13.4. The molecule has 0 bridgehead atoms. The largest absolute Gasteiger partial charge is 0.416 e. The number of sulfonamides is 1. The highest BCUT2D eigenvalue weighted by Gasteiger charge is 2.31. The molecule has 1 heterocycles. The molecule has 5 nitrogen and oxygen atoms in total. The lowest BCUT2D eigenvalue weighted by Crippen LogP contribution is -2.28. The van der Waals surface area contributed by atoms with E-state index in [1.807, 2.05) is 44.2 Å². The van der Waals surface area contributed by atoms with Gasteiger partial charge < -0.3 is 0 Å². The number of aryl methyl sites for hydroxylation is 1. The maximum atomic E-state index is 12.8. The second-order valence-corrected chi connectivity index (χ2v) is 8.33. The predicted molar refractivity (Wildman–Crippen MR) is 104 cm³/mol. The van der Waals surface area contributed by atoms with Gasteiger partial charge in [0.05, 0.1) is 22.7 Å². The minimum absolute atomic E-state index is 0.00519. The van der Waals surface area contributed by atoms with Crippen LogP contribution in [0.2, 0.25) is 0 Å². The Morgan fingerprint density at radius 1 is 1.03 bits per heavy atom. The Labute approximate surface area is 167 Å². The summed E-state index contributed by atoms with van der Waals surface area (Å²) in [4.78, 5) is -0.425. The monoisotopic (exact) mass is 423 g/mol. The zero-order valence-corrected chi connectivity index (χ0v) is 16.7. The fourth-order valence-electron chi connectivity index (χ4n) is 3.15. The first-order valence-corrected chi connectivity index (χ1v) is 10.3. The molecule has 0 spiro atoms. The fourth-order valence-corrected chi connectivity index (χ4v) is 4.21. The number of benzene rings is 2. The molecular formula is C20H20F3N3O2S. The number of nitrogens with one attached hydrogen (secondary N) is 1. The number of rotatable bonds is 6. The van der Waals surface area contributed by atoms with Gasteiger partial charge in [-0.1, -0.05) is 36.4 Å². The number of alkyl halides is 3. The van der Waals surface area contributed by atoms with E-state index in [1.165, 1.54) is 0 Å². The molecule has 29 heavy (non-hydrogen) atoms. The van der Waals surface area contributed by atoms with E-state index < -0.39 is 26.7 Å². The van der Waals surface area contributed by atoms with Crippen LogP contribution >= 0.6 is 0 Å². The minimum atomic E-state index is -4.61. The highest BCUT2D eigenvalue weighted by molar-refractivity contribution is 7.89. The van der Waals surface area contributed by atoms with E-state index in [2.05, 4.69) is 9.82 Å². The molecule has 0 aliphatic heterocycles. The molecule has 1 N–H and O–H groups in total. The second kappa shape index (κ2) is 8.00. The van der Waals surface area contributed by atoms with Gasteiger partial charge in [0, 0.05) is 17.8 Å². The van der Waals surface area contributed by atoms with Crippen LogP contribution in [0.15, 0.2) is 59.5 Å². The molecule has 154 valence electrons. The van der Waals surface area contributed by atoms with Crippen LogP contribution in [0.25, 0.3) is 11.1 Å². The number of hydrogen-bond acceptors (Lipinski definition) is 3. The predicted octanol–water partition coefficient (Wildman–Crippen LogP) is 4.16. The highest BCUT2D eigenvalue weighted by atomic mass is 32.2. The summed E-state index contributed by atoms with van der Waals surface area (Å²) in [6.07, 6.45) is -4.61. The Bertz CT molecular complexity index is 1110. The van der Waals surface area contributed by atoms with Crippen LogP contribution in [-0.4, -0.2) is 24.7 Å². The maximum absolute atomic E-state index is 12.8. The first kappa shape index (κ1) is 21.1. The first-order valence-electron chi connectivity index (χ1n) is 8.86. The molecule has 0 atom stereocenters. The van der Waals surface area contributed by atoms with Gasteiger partial charge in [-0.3, -0.25) is 4.68 Å². The Morgan fingerprint density at radius 3 is 2.38 bits per heavy atom. The van der Waals surface area contributed by atoms with Crippen LogP contribution < -0.4 is 4.72 Å². The number of halogens is 3. The van der Waals surface area contributed by atoms with Crippen molar-refractivity contribution < 1.29 is 21.6 Å². The zero-order chi connectivity index (χ0) is 21.2. The summed E-state index contributed by atoms with van der Waals surface area (Å²) < 4.78 is 67.3. The Hall–Kier alpha value is -2.65. The average Bonchev–Trinajstić information content (AvgIpc) is 2.95. The average molecular weight is 423 g/mol. The summed E-state index contributed by atoms with van der Waals surface area (Å²) in [6.45, 7) is 4.01. The van der Waals surface area contributed by atoms with Crippen molar-refractivity contribution >= 4 is 10.0 Å². The summed E-state index contributed by atoms with van der Waals surface area (Å²) >= 11 is 0. The van der Waals surface area contributed by atoms with Crippen molar-refractivity contribution in [3.63, 3.8) is 0 Å². The molecular weight excluding hydrogens is 403 g/mol. The van der Waals surface area contributed by atoms with Gasteiger partial charge in [-0.2, -0.15) is 18.3 Å². The van der Waals surface area contributed by atoms with Crippen molar-refractivity contribution in [3.05, 3.63) is 71.5 Å². The third-order valence-electron chi connectivity index (χ3n) is 4.53. The van der Waals surface area contributed by atoms with Crippen LogP contribution in [0.3, 0.4) is 0 Å². The lowest BCUT2D eigenvalue weighted by molar-refractivity contribution is -0.137. The SMILES string of the molecule is Cc1nn(CCNS(=O)(=O)c2cccc(C(F)(F)F)c2)c(C)c1-c1ccccc1. The molecule has 1 aromatic heterocycles. The van der Waals surface area contributed by atoms with Gasteiger partial charge in [0.25, 0.3) is 0 Å². The van der Waals surface area contributed by atoms with Crippen molar-refractivity contribution in [2.24, 2.45) is 0 Å². The van der Waals surface area contributed by atoms with Gasteiger partial charge in [0.15, 0.2) is 0 Å². The van der Waals surface area contributed by atoms with Crippen LogP contribution in [0, 0.1) is 13.8 Å². The summed E-state index contributed by atoms with van der Waals surface area (Å²) in [5.74, 6) is 0. The van der Waals surface area contributed by atoms with Gasteiger partial charge >= 0.3 is 6.18 Å². The van der Waals surface area contributed by atoms with Crippen molar-refractivity contribution in [1.29, 1.82) is 0 Å². The van der Waals surface area contributed by atoms with E-state index in [1.54, 1.807) is 4.68 Å². The quantitative estimate of drug-likeness (QED) is 0.647. The van der Waals surface area contributed by atoms with Crippen molar-refractivity contribution in [2.45, 2.75) is 31.5 Å². The summed E-state index contributed by atoms with van der Waals surface area (Å²) in [5, 5.41) is 4.46. The molecule has 0 saturated carbocycles. The molecule has 0 unspecified atom stereocenters. The molecule has 2 aromatic carbocycles. The van der Waals surface area contributed by atoms with Crippen LogP contribution in [0.5, 0.6) is 0 Å². The van der Waals surface area contributed by atoms with Crippen LogP contribution in [0.4, 0.5) is 13.2 Å². The molecule has 0 saturated heterocycles. The molecule has 0 aliphatic rings. The fraction of sp³-hybridized carbons (Fsp3) is 0.250. The Kier molecular flexibility index (Phi) is 5.81. The van der Waals surface area contributed by atoms with Crippen molar-refractivity contribution in [2.75, 3.05) is 6.54 Å². The molecule has 3 aromatic rings. The van der Waals surface area contributed by atoms with Crippen molar-refractivity contribution in [1.82, 2.24) is 14.5 Å². The third-order valence-corrected chi connectivity index (χ3v) is 5.99. The van der Waals surface area contributed by atoms with Gasteiger partial charge in [-0.15, -0.1) is 0 Å². The number of aromatic nitrogens is 2. The number of nitrogens with zero attached hydrogens (tertiary/aromatic N) is 2. The Morgan fingerprint density at radius 2 is 1.72 bits per heavy atom. The van der Waals surface area contributed by atoms with Gasteiger partial charge in [0.1, 0.15) is 0 Å². The summed E-state index contributed by atoms with van der Waals surface area (Å²) in [7, 11) is -4.07. The molecule has 0 aliphatic carbocycles. The van der Waals surface area contributed by atoms with E-state index in [9.17, 15) is 21.6 Å². The smallest absolute Gasteiger partial charge is 0.268 e. The lowest BCUT2D eigenvalue weighted by Gasteiger charge is -2.11. The molecule has 0 radical (unpaired) electrons. The second-order valence-electron chi connectivity index (χ2n) is 6.56. The Balaban J connectivity index is 1.73. The van der Waals surface area contributed by atoms with E-state index in [-0.39, 0.29) is 13.1 Å². The van der Waals surface area contributed by atoms with Crippen LogP contribution in [-0.2, 0) is 22.7 Å².